The Balaban J connectivity index is 1.65. The molecule has 1 atom stereocenters. The fourth-order valence-electron chi connectivity index (χ4n) is 4.24. The molecule has 0 spiro atoms. The number of alkyl carbamates (subject to hydrolysis) is 1. The zero-order valence-electron chi connectivity index (χ0n) is 20.9. The van der Waals surface area contributed by atoms with Crippen molar-refractivity contribution >= 4 is 23.0 Å². The van der Waals surface area contributed by atoms with Gasteiger partial charge in [-0.3, -0.25) is 4.79 Å². The number of amides is 1. The van der Waals surface area contributed by atoms with E-state index >= 15 is 0 Å². The van der Waals surface area contributed by atoms with Gasteiger partial charge >= 0.3 is 12.1 Å². The number of carboxylic acids is 1. The van der Waals surface area contributed by atoms with Gasteiger partial charge in [0.15, 0.2) is 0 Å². The van der Waals surface area contributed by atoms with Gasteiger partial charge in [0, 0.05) is 17.5 Å². The van der Waals surface area contributed by atoms with Gasteiger partial charge in [0.05, 0.1) is 25.3 Å². The molecule has 9 heteroatoms. The van der Waals surface area contributed by atoms with Crippen molar-refractivity contribution in [1.82, 2.24) is 5.32 Å². The number of furan rings is 1. The maximum absolute atomic E-state index is 13.8. The van der Waals surface area contributed by atoms with E-state index in [9.17, 15) is 19.1 Å². The van der Waals surface area contributed by atoms with Gasteiger partial charge < -0.3 is 30.0 Å². The Morgan fingerprint density at radius 1 is 1.11 bits per heavy atom. The lowest BCUT2D eigenvalue weighted by molar-refractivity contribution is -0.136. The van der Waals surface area contributed by atoms with Crippen LogP contribution in [0.15, 0.2) is 71.3 Å². The summed E-state index contributed by atoms with van der Waals surface area (Å²) >= 11 is 0. The lowest BCUT2D eigenvalue weighted by Crippen LogP contribution is -2.30. The Hall–Kier alpha value is -4.37. The van der Waals surface area contributed by atoms with E-state index in [0.717, 1.165) is 22.1 Å². The summed E-state index contributed by atoms with van der Waals surface area (Å²) in [6.07, 6.45) is 0.636. The summed E-state index contributed by atoms with van der Waals surface area (Å²) in [5, 5.41) is 12.7. The quantitative estimate of drug-likeness (QED) is 0.238. The Kier molecular flexibility index (Phi) is 8.60. The number of nitrogens with two attached hydrogens (primary N) is 1. The molecular formula is C29H29FN2O6. The summed E-state index contributed by atoms with van der Waals surface area (Å²) in [5.41, 5.74) is 10.8. The first-order chi connectivity index (χ1) is 18.4. The lowest BCUT2D eigenvalue weighted by Gasteiger charge is -2.18. The van der Waals surface area contributed by atoms with Crippen LogP contribution in [0.25, 0.3) is 22.1 Å². The highest BCUT2D eigenvalue weighted by molar-refractivity contribution is 5.94. The number of hydrogen-bond donors (Lipinski definition) is 3. The summed E-state index contributed by atoms with van der Waals surface area (Å²) in [7, 11) is 0. The number of halogens is 1. The molecule has 1 amide bonds. The molecular weight excluding hydrogens is 491 g/mol. The largest absolute Gasteiger partial charge is 0.489 e. The molecule has 0 bridgehead atoms. The van der Waals surface area contributed by atoms with Crippen LogP contribution in [-0.4, -0.2) is 30.5 Å². The second-order valence-corrected chi connectivity index (χ2v) is 8.67. The maximum Gasteiger partial charge on any atom is 0.407 e. The first-order valence-electron chi connectivity index (χ1n) is 12.2. The van der Waals surface area contributed by atoms with Crippen LogP contribution in [-0.2, 0) is 29.1 Å². The molecule has 1 unspecified atom stereocenters. The first kappa shape index (κ1) is 26.7. The summed E-state index contributed by atoms with van der Waals surface area (Å²) in [4.78, 5) is 23.3. The van der Waals surface area contributed by atoms with Gasteiger partial charge in [0.2, 0.25) is 0 Å². The summed E-state index contributed by atoms with van der Waals surface area (Å²) in [5.74, 6) is -0.460. The van der Waals surface area contributed by atoms with Crippen LogP contribution in [0.1, 0.15) is 35.2 Å². The van der Waals surface area contributed by atoms with Crippen LogP contribution in [0.5, 0.6) is 5.75 Å². The monoisotopic (exact) mass is 520 g/mol. The smallest absolute Gasteiger partial charge is 0.407 e. The molecule has 38 heavy (non-hydrogen) atoms. The fraction of sp³-hybridized carbons (Fsp3) is 0.241. The molecule has 1 aromatic heterocycles. The summed E-state index contributed by atoms with van der Waals surface area (Å²) in [6, 6.07) is 17.3. The maximum atomic E-state index is 13.8. The number of alkyl halides is 1. The number of benzene rings is 3. The van der Waals surface area contributed by atoms with Gasteiger partial charge in [-0.2, -0.15) is 0 Å². The average molecular weight is 521 g/mol. The zero-order valence-corrected chi connectivity index (χ0v) is 20.9. The van der Waals surface area contributed by atoms with E-state index in [1.54, 1.807) is 31.4 Å². The third kappa shape index (κ3) is 6.30. The molecule has 0 fully saturated rings. The average Bonchev–Trinajstić information content (AvgIpc) is 3.39. The van der Waals surface area contributed by atoms with E-state index < -0.39 is 24.8 Å². The van der Waals surface area contributed by atoms with Gasteiger partial charge in [-0.25, -0.2) is 9.18 Å². The SMILES string of the molecule is CCOC(=O)NC(CF)c1ccc(CC(=O)O)c(COc2cc(-c3cccc(CN)c3)c3occc3c2)c1. The minimum absolute atomic E-state index is 0.0283. The van der Waals surface area contributed by atoms with Crippen molar-refractivity contribution in [1.29, 1.82) is 0 Å². The molecule has 0 saturated heterocycles. The number of carboxylic acid groups (broad SMARTS) is 1. The number of carbonyl (C=O) groups is 2. The van der Waals surface area contributed by atoms with Crippen LogP contribution in [0.4, 0.5) is 9.18 Å². The molecule has 198 valence electrons. The number of fused-ring (bicyclic) bond motifs is 1. The number of hydrogen-bond acceptors (Lipinski definition) is 6. The molecule has 8 nitrogen and oxygen atoms in total. The fourth-order valence-corrected chi connectivity index (χ4v) is 4.24. The van der Waals surface area contributed by atoms with Crippen molar-refractivity contribution < 1.29 is 33.0 Å². The van der Waals surface area contributed by atoms with Crippen LogP contribution in [0, 0.1) is 0 Å². The van der Waals surface area contributed by atoms with Crippen molar-refractivity contribution in [2.45, 2.75) is 32.5 Å². The minimum atomic E-state index is -1.01. The van der Waals surface area contributed by atoms with Crippen LogP contribution in [0.3, 0.4) is 0 Å². The highest BCUT2D eigenvalue weighted by atomic mass is 19.1. The molecule has 4 rings (SSSR count). The lowest BCUT2D eigenvalue weighted by atomic mass is 9.98. The van der Waals surface area contributed by atoms with E-state index in [1.165, 1.54) is 0 Å². The zero-order chi connectivity index (χ0) is 27.1. The highest BCUT2D eigenvalue weighted by Gasteiger charge is 2.18. The standard InChI is InChI=1S/C29H29FN2O6/c1-2-36-29(35)32-26(15-30)21-7-6-19(13-27(33)34)23(11-21)17-38-24-12-22-8-9-37-28(22)25(14-24)20-5-3-4-18(10-20)16-31/h3-12,14,26H,2,13,15-17,31H2,1H3,(H,32,35)(H,33,34). The van der Waals surface area contributed by atoms with E-state index in [4.69, 9.17) is 19.6 Å². The van der Waals surface area contributed by atoms with E-state index in [2.05, 4.69) is 5.32 Å². The molecule has 0 saturated carbocycles. The molecule has 0 aliphatic heterocycles. The van der Waals surface area contributed by atoms with Gasteiger partial charge in [-0.1, -0.05) is 30.3 Å². The van der Waals surface area contributed by atoms with Crippen molar-refractivity contribution in [3.63, 3.8) is 0 Å². The molecule has 4 aromatic rings. The van der Waals surface area contributed by atoms with Gasteiger partial charge in [0.25, 0.3) is 0 Å². The summed E-state index contributed by atoms with van der Waals surface area (Å²) in [6.45, 7) is 1.38. The second kappa shape index (κ2) is 12.2. The van der Waals surface area contributed by atoms with E-state index in [-0.39, 0.29) is 19.6 Å². The van der Waals surface area contributed by atoms with Crippen LogP contribution in [0.2, 0.25) is 0 Å². The normalized spacial score (nSPS) is 11.8. The molecule has 0 aliphatic rings. The Morgan fingerprint density at radius 2 is 1.95 bits per heavy atom. The van der Waals surface area contributed by atoms with Crippen molar-refractivity contribution in [2.75, 3.05) is 13.3 Å². The van der Waals surface area contributed by atoms with Gasteiger partial charge in [-0.15, -0.1) is 0 Å². The predicted molar refractivity (Wildman–Crippen MR) is 141 cm³/mol. The van der Waals surface area contributed by atoms with Gasteiger partial charge in [0.1, 0.15) is 24.6 Å². The number of aliphatic carboxylic acids is 1. The van der Waals surface area contributed by atoms with Crippen molar-refractivity contribution in [2.24, 2.45) is 5.73 Å². The Labute approximate surface area is 219 Å². The van der Waals surface area contributed by atoms with Crippen molar-refractivity contribution in [3.8, 4) is 16.9 Å². The number of ether oxygens (including phenoxy) is 2. The minimum Gasteiger partial charge on any atom is -0.489 e. The van der Waals surface area contributed by atoms with Gasteiger partial charge in [-0.05, 0) is 65.1 Å². The third-order valence-corrected chi connectivity index (χ3v) is 6.09. The molecule has 4 N–H and O–H groups in total. The molecule has 0 radical (unpaired) electrons. The highest BCUT2D eigenvalue weighted by Crippen LogP contribution is 2.35. The molecule has 1 heterocycles. The Morgan fingerprint density at radius 3 is 2.68 bits per heavy atom. The van der Waals surface area contributed by atoms with Crippen LogP contribution < -0.4 is 15.8 Å². The van der Waals surface area contributed by atoms with E-state index in [1.807, 2.05) is 42.5 Å². The van der Waals surface area contributed by atoms with Crippen LogP contribution >= 0.6 is 0 Å². The van der Waals surface area contributed by atoms with E-state index in [0.29, 0.717) is 34.6 Å². The number of rotatable bonds is 11. The van der Waals surface area contributed by atoms with Crippen molar-refractivity contribution in [3.05, 3.63) is 89.2 Å². The second-order valence-electron chi connectivity index (χ2n) is 8.67. The molecule has 3 aromatic carbocycles. The predicted octanol–water partition coefficient (Wildman–Crippen LogP) is 5.52. The Bertz CT molecular complexity index is 1430. The number of nitrogens with one attached hydrogen (secondary N) is 1. The topological polar surface area (TPSA) is 124 Å². The molecule has 0 aliphatic carbocycles. The number of carbonyl (C=O) groups excluding carboxylic acids is 1. The third-order valence-electron chi connectivity index (χ3n) is 6.09. The summed E-state index contributed by atoms with van der Waals surface area (Å²) < 4.78 is 30.5. The first-order valence-corrected chi connectivity index (χ1v) is 12.2.